The third-order valence-corrected chi connectivity index (χ3v) is 13.6. The fourth-order valence-electron chi connectivity index (χ4n) is 9.62. The van der Waals surface area contributed by atoms with Crippen LogP contribution < -0.4 is 10.1 Å². The molecule has 1 amide bonds. The number of benzene rings is 3. The lowest BCUT2D eigenvalue weighted by molar-refractivity contribution is -0.160. The number of Topliss-reactive ketones (excluding diaryl/α,β-unsaturated/α-hetero) is 1. The number of rotatable bonds is 6. The van der Waals surface area contributed by atoms with E-state index in [-0.39, 0.29) is 56.6 Å². The van der Waals surface area contributed by atoms with Crippen LogP contribution >= 0.6 is 0 Å². The van der Waals surface area contributed by atoms with Crippen LogP contribution in [-0.4, -0.2) is 122 Å². The summed E-state index contributed by atoms with van der Waals surface area (Å²) in [4.78, 5) is 43.4. The Labute approximate surface area is 392 Å². The summed E-state index contributed by atoms with van der Waals surface area (Å²) < 4.78 is 23.8. The summed E-state index contributed by atoms with van der Waals surface area (Å²) in [6.45, 7) is 18.7. The summed E-state index contributed by atoms with van der Waals surface area (Å²) in [5.74, 6) is -8.46. The summed E-state index contributed by atoms with van der Waals surface area (Å²) in [6.07, 6.45) is 4.88. The molecule has 67 heavy (non-hydrogen) atoms. The molecule has 3 aromatic rings. The molecule has 1 fully saturated rings. The van der Waals surface area contributed by atoms with E-state index in [4.69, 9.17) is 24.0 Å². The van der Waals surface area contributed by atoms with Crippen molar-refractivity contribution in [3.8, 4) is 23.0 Å². The van der Waals surface area contributed by atoms with Gasteiger partial charge in [0.25, 0.3) is 11.7 Å². The number of amides is 1. The number of piperazine rings is 1. The number of aliphatic hydroxyl groups excluding tert-OH is 2. The second kappa shape index (κ2) is 20.5. The maximum absolute atomic E-state index is 14.6. The molecule has 4 aliphatic rings. The summed E-state index contributed by atoms with van der Waals surface area (Å²) in [7, 11) is 1.44. The Balaban J connectivity index is 1.49. The number of hydrogen-bond acceptors (Lipinski definition) is 15. The molecule has 0 aromatic heterocycles. The van der Waals surface area contributed by atoms with E-state index in [2.05, 4.69) is 22.3 Å². The van der Waals surface area contributed by atoms with Gasteiger partial charge in [-0.1, -0.05) is 76.3 Å². The van der Waals surface area contributed by atoms with Crippen molar-refractivity contribution in [2.24, 2.45) is 28.8 Å². The Morgan fingerprint density at radius 1 is 0.910 bits per heavy atom. The lowest BCUT2D eigenvalue weighted by Crippen LogP contribution is -2.54. The molecule has 16 heteroatoms. The van der Waals surface area contributed by atoms with E-state index in [0.29, 0.717) is 13.1 Å². The molecule has 6 N–H and O–H groups in total. The molecular formula is C51H66N4O12. The van der Waals surface area contributed by atoms with Crippen molar-refractivity contribution < 1.29 is 58.9 Å². The van der Waals surface area contributed by atoms with Crippen LogP contribution in [0.4, 0.5) is 5.69 Å². The van der Waals surface area contributed by atoms with Gasteiger partial charge < -0.3 is 49.8 Å². The van der Waals surface area contributed by atoms with Crippen LogP contribution in [-0.2, 0) is 30.3 Å². The predicted octanol–water partition coefficient (Wildman–Crippen LogP) is 6.68. The highest BCUT2D eigenvalue weighted by molar-refractivity contribution is 6.23. The van der Waals surface area contributed by atoms with Crippen molar-refractivity contribution in [2.45, 2.75) is 118 Å². The zero-order valence-corrected chi connectivity index (χ0v) is 40.2. The number of carbonyl (C=O) groups excluding carboxylic acids is 3. The first-order valence-electron chi connectivity index (χ1n) is 22.8. The smallest absolute Gasteiger partial charge is 0.312 e. The Morgan fingerprint density at radius 2 is 1.57 bits per heavy atom. The first-order chi connectivity index (χ1) is 31.6. The Kier molecular flexibility index (Phi) is 15.5. The highest BCUT2D eigenvalue weighted by atomic mass is 16.7. The average Bonchev–Trinajstić information content (AvgIpc) is 3.55. The largest absolute Gasteiger partial charge is 0.507 e. The van der Waals surface area contributed by atoms with Crippen LogP contribution in [0.1, 0.15) is 89.4 Å². The molecule has 5 bridgehead atoms. The number of hydrazone groups is 1. The highest BCUT2D eigenvalue weighted by Gasteiger charge is 2.50. The standard InChI is InChI=1S/C51H66N4O12/c1-26-16-15-17-27(2)50(63)53-41-36(22-52-55-28(3)23-54(24-29(55)4)25-35-18-13-12-14-19-35)45(60)38-39(46(41)61)44(59)33(8)48-40(38)49(62)51(10,67-48)65-21-20-37(64-11)30(5)47(66-34(9)56)32(7)43(58)31(6)42(26)57/h12-22,26,28-32,37,42-43,47,57-61H,23-25H2,1-11H3,(H,53,63)/b16-15+,21-20+,27-17-,52-22-/t26-,28?,29?,30+,31+,32+,37-,42-,43+,47+,51-/m0/s1. The average molecular weight is 927 g/mol. The van der Waals surface area contributed by atoms with Crippen molar-refractivity contribution in [3.05, 3.63) is 88.7 Å². The second-order valence-electron chi connectivity index (χ2n) is 18.6. The number of hydrogen-bond donors (Lipinski definition) is 6. The van der Waals surface area contributed by atoms with Crippen LogP contribution in [0.25, 0.3) is 10.8 Å². The van der Waals surface area contributed by atoms with Gasteiger partial charge in [0.05, 0.1) is 65.1 Å². The van der Waals surface area contributed by atoms with Crippen molar-refractivity contribution in [3.63, 3.8) is 0 Å². The number of aromatic hydroxyl groups is 3. The summed E-state index contributed by atoms with van der Waals surface area (Å²) in [5.41, 5.74) is 0.785. The van der Waals surface area contributed by atoms with Crippen molar-refractivity contribution in [1.82, 2.24) is 9.91 Å². The normalized spacial score (nSPS) is 31.8. The van der Waals surface area contributed by atoms with Crippen molar-refractivity contribution in [1.29, 1.82) is 0 Å². The van der Waals surface area contributed by atoms with Gasteiger partial charge in [0, 0.05) is 80.8 Å². The number of ether oxygens (including phenoxy) is 4. The fourth-order valence-corrected chi connectivity index (χ4v) is 9.62. The molecule has 0 radical (unpaired) electrons. The molecule has 4 aliphatic heterocycles. The first-order valence-corrected chi connectivity index (χ1v) is 22.8. The summed E-state index contributed by atoms with van der Waals surface area (Å²) in [6, 6.07) is 9.93. The summed E-state index contributed by atoms with van der Waals surface area (Å²) >= 11 is 0. The monoisotopic (exact) mass is 926 g/mol. The van der Waals surface area contributed by atoms with Crippen molar-refractivity contribution in [2.75, 3.05) is 25.5 Å². The molecule has 0 aliphatic carbocycles. The molecule has 0 spiro atoms. The van der Waals surface area contributed by atoms with Gasteiger partial charge in [-0.15, -0.1) is 0 Å². The number of anilines is 1. The highest BCUT2D eigenvalue weighted by Crippen LogP contribution is 2.55. The third-order valence-electron chi connectivity index (χ3n) is 13.6. The SMILES string of the molecule is CO[C@H]1/C=C/O[C@@]2(C)Oc3c(C)c(O)c4c(O)c(c(/C=N\N5C(C)CN(Cc6ccccc6)CC5C)c(O)c4c3C2=O)NC(=O)/C(C)=C\C=C\[C@H](C)[C@H](O)[C@@H](C)[C@@H](O)[C@@H](C)[C@H](OC(C)=O)[C@@H]1C. The van der Waals surface area contributed by atoms with Gasteiger partial charge in [0.15, 0.2) is 5.75 Å². The van der Waals surface area contributed by atoms with E-state index in [0.717, 1.165) is 6.54 Å². The molecule has 2 unspecified atom stereocenters. The number of aliphatic hydroxyl groups is 2. The number of fused-ring (bicyclic) bond motifs is 14. The summed E-state index contributed by atoms with van der Waals surface area (Å²) in [5, 5.41) is 68.1. The van der Waals surface area contributed by atoms with Gasteiger partial charge in [-0.25, -0.2) is 0 Å². The lowest BCUT2D eigenvalue weighted by atomic mass is 9.78. The Morgan fingerprint density at radius 3 is 2.19 bits per heavy atom. The number of esters is 1. The number of phenolic OH excluding ortho intramolecular Hbond substituents is 3. The van der Waals surface area contributed by atoms with Gasteiger partial charge in [-0.05, 0) is 39.3 Å². The number of nitrogens with one attached hydrogen (secondary N) is 1. The van der Waals surface area contributed by atoms with Gasteiger partial charge in [-0.2, -0.15) is 5.10 Å². The van der Waals surface area contributed by atoms with Crippen molar-refractivity contribution >= 4 is 40.3 Å². The topological polar surface area (TPSA) is 220 Å². The zero-order chi connectivity index (χ0) is 49.2. The van der Waals surface area contributed by atoms with E-state index in [9.17, 15) is 39.9 Å². The Hall–Kier alpha value is -5.94. The van der Waals surface area contributed by atoms with E-state index in [1.54, 1.807) is 39.8 Å². The first kappa shape index (κ1) is 50.5. The molecule has 4 heterocycles. The number of methoxy groups -OCH3 is 1. The minimum Gasteiger partial charge on any atom is -0.507 e. The molecule has 7 rings (SSSR count). The number of phenols is 3. The van der Waals surface area contributed by atoms with E-state index >= 15 is 0 Å². The minimum atomic E-state index is -2.07. The molecule has 362 valence electrons. The van der Waals surface area contributed by atoms with Gasteiger partial charge >= 0.3 is 11.8 Å². The van der Waals surface area contributed by atoms with Crippen LogP contribution in [0.2, 0.25) is 0 Å². The zero-order valence-electron chi connectivity index (χ0n) is 40.2. The van der Waals surface area contributed by atoms with Crippen LogP contribution in [0.3, 0.4) is 0 Å². The lowest BCUT2D eigenvalue weighted by Gasteiger charge is -2.42. The van der Waals surface area contributed by atoms with Crippen LogP contribution in [0.5, 0.6) is 23.0 Å². The number of ketones is 1. The predicted molar refractivity (Wildman–Crippen MR) is 254 cm³/mol. The third kappa shape index (κ3) is 10.2. The minimum absolute atomic E-state index is 0.0500. The van der Waals surface area contributed by atoms with Gasteiger partial charge in [0.1, 0.15) is 23.4 Å². The molecule has 1 saturated heterocycles. The number of carbonyl (C=O) groups is 3. The van der Waals surface area contributed by atoms with E-state index < -0.39 is 88.8 Å². The Bertz CT molecular complexity index is 2460. The van der Waals surface area contributed by atoms with E-state index in [1.807, 2.05) is 37.1 Å². The molecule has 16 nitrogen and oxygen atoms in total. The fraction of sp³-hybridized carbons (Fsp3) is 0.490. The van der Waals surface area contributed by atoms with Gasteiger partial charge in [0.2, 0.25) is 0 Å². The van der Waals surface area contributed by atoms with E-state index in [1.165, 1.54) is 65.0 Å². The number of allylic oxidation sites excluding steroid dienone is 2. The molecular weight excluding hydrogens is 861 g/mol. The second-order valence-corrected chi connectivity index (χ2v) is 18.6. The quantitative estimate of drug-likeness (QED) is 0.0658. The maximum atomic E-state index is 14.6. The molecule has 0 saturated carbocycles. The van der Waals surface area contributed by atoms with Gasteiger partial charge in [-0.3, -0.25) is 24.3 Å². The molecule has 11 atom stereocenters. The van der Waals surface area contributed by atoms with Crippen LogP contribution in [0.15, 0.2) is 71.6 Å². The maximum Gasteiger partial charge on any atom is 0.312 e. The molecule has 3 aromatic carbocycles. The van der Waals surface area contributed by atoms with Crippen LogP contribution in [0, 0.1) is 30.6 Å². The number of nitrogens with zero attached hydrogens (tertiary/aromatic N) is 3.